The summed E-state index contributed by atoms with van der Waals surface area (Å²) >= 11 is 0. The largest absolute Gasteiger partial charge is 0.206 e. The third-order valence-electron chi connectivity index (χ3n) is 1.22. The van der Waals surface area contributed by atoms with E-state index in [2.05, 4.69) is 0 Å². The van der Waals surface area contributed by atoms with Crippen molar-refractivity contribution in [3.63, 3.8) is 0 Å². The van der Waals surface area contributed by atoms with Gasteiger partial charge in [-0.15, -0.1) is 0 Å². The molecule has 0 bridgehead atoms. The molecule has 2 heteroatoms. The standard InChI is InChI=1S/C10H12FN/c1-3-5-7-9(8-12)10(11)6-4-2/h3,5-7H,4H2,1-2H3/b5-3+,9-7-,10-6+. The Morgan fingerprint density at radius 2 is 2.25 bits per heavy atom. The van der Waals surface area contributed by atoms with Crippen molar-refractivity contribution < 1.29 is 4.39 Å². The molecule has 0 aliphatic carbocycles. The monoisotopic (exact) mass is 165 g/mol. The Hall–Kier alpha value is -1.36. The number of hydrogen-bond donors (Lipinski definition) is 0. The van der Waals surface area contributed by atoms with Crippen LogP contribution in [0.2, 0.25) is 0 Å². The van der Waals surface area contributed by atoms with E-state index < -0.39 is 5.83 Å². The minimum absolute atomic E-state index is 0.0787. The summed E-state index contributed by atoms with van der Waals surface area (Å²) in [7, 11) is 0. The topological polar surface area (TPSA) is 23.8 Å². The van der Waals surface area contributed by atoms with E-state index in [0.29, 0.717) is 6.42 Å². The summed E-state index contributed by atoms with van der Waals surface area (Å²) in [4.78, 5) is 0. The smallest absolute Gasteiger partial charge is 0.136 e. The van der Waals surface area contributed by atoms with Crippen LogP contribution in [0.1, 0.15) is 20.3 Å². The van der Waals surface area contributed by atoms with Gasteiger partial charge in [-0.2, -0.15) is 5.26 Å². The molecular formula is C10H12FN. The van der Waals surface area contributed by atoms with E-state index >= 15 is 0 Å². The third-order valence-corrected chi connectivity index (χ3v) is 1.22. The Balaban J connectivity index is 4.58. The summed E-state index contributed by atoms with van der Waals surface area (Å²) in [5, 5.41) is 8.52. The highest BCUT2D eigenvalue weighted by Crippen LogP contribution is 2.11. The van der Waals surface area contributed by atoms with E-state index in [4.69, 9.17) is 5.26 Å². The van der Waals surface area contributed by atoms with Gasteiger partial charge in [0.05, 0.1) is 5.57 Å². The Bertz CT molecular complexity index is 254. The molecule has 0 rings (SSSR count). The molecule has 0 saturated carbocycles. The molecule has 0 radical (unpaired) electrons. The van der Waals surface area contributed by atoms with E-state index in [1.54, 1.807) is 18.2 Å². The second kappa shape index (κ2) is 6.36. The average molecular weight is 165 g/mol. The highest BCUT2D eigenvalue weighted by Gasteiger charge is 1.99. The average Bonchev–Trinajstić information content (AvgIpc) is 2.06. The van der Waals surface area contributed by atoms with Gasteiger partial charge >= 0.3 is 0 Å². The van der Waals surface area contributed by atoms with Crippen LogP contribution in [0.5, 0.6) is 0 Å². The van der Waals surface area contributed by atoms with Gasteiger partial charge in [0, 0.05) is 0 Å². The quantitative estimate of drug-likeness (QED) is 0.465. The van der Waals surface area contributed by atoms with Crippen LogP contribution in [0.25, 0.3) is 0 Å². The predicted molar refractivity (Wildman–Crippen MR) is 48.0 cm³/mol. The lowest BCUT2D eigenvalue weighted by atomic mass is 10.2. The van der Waals surface area contributed by atoms with Crippen LogP contribution >= 0.6 is 0 Å². The molecule has 0 unspecified atom stereocenters. The molecule has 0 N–H and O–H groups in total. The van der Waals surface area contributed by atoms with Crippen LogP contribution in [0, 0.1) is 11.3 Å². The van der Waals surface area contributed by atoms with Crippen LogP contribution in [0.3, 0.4) is 0 Å². The zero-order valence-electron chi connectivity index (χ0n) is 7.34. The Morgan fingerprint density at radius 3 is 2.67 bits per heavy atom. The van der Waals surface area contributed by atoms with Crippen LogP contribution in [-0.2, 0) is 0 Å². The summed E-state index contributed by atoms with van der Waals surface area (Å²) in [6, 6.07) is 1.79. The SMILES string of the molecule is C/C=C/C=C(C#N)\C(F)=C/CC. The summed E-state index contributed by atoms with van der Waals surface area (Å²) in [5.41, 5.74) is 0.0787. The minimum atomic E-state index is -0.446. The van der Waals surface area contributed by atoms with E-state index in [1.807, 2.05) is 13.8 Å². The molecule has 0 aromatic rings. The second-order valence-electron chi connectivity index (χ2n) is 2.18. The first-order chi connectivity index (χ1) is 5.76. The highest BCUT2D eigenvalue weighted by atomic mass is 19.1. The lowest BCUT2D eigenvalue weighted by Gasteiger charge is -1.90. The molecule has 0 aliphatic rings. The molecule has 0 fully saturated rings. The second-order valence-corrected chi connectivity index (χ2v) is 2.18. The number of nitriles is 1. The molecule has 0 saturated heterocycles. The molecule has 12 heavy (non-hydrogen) atoms. The zero-order chi connectivity index (χ0) is 9.40. The van der Waals surface area contributed by atoms with E-state index in [9.17, 15) is 4.39 Å². The fraction of sp³-hybridized carbons (Fsp3) is 0.300. The Labute approximate surface area is 72.5 Å². The molecule has 0 heterocycles. The van der Waals surface area contributed by atoms with Crippen molar-refractivity contribution in [3.8, 4) is 6.07 Å². The molecular weight excluding hydrogens is 153 g/mol. The van der Waals surface area contributed by atoms with Crippen LogP contribution in [0.4, 0.5) is 4.39 Å². The zero-order valence-corrected chi connectivity index (χ0v) is 7.34. The van der Waals surface area contributed by atoms with Crippen molar-refractivity contribution in [1.82, 2.24) is 0 Å². The van der Waals surface area contributed by atoms with Gasteiger partial charge in [-0.25, -0.2) is 4.39 Å². The van der Waals surface area contributed by atoms with Gasteiger partial charge in [-0.05, 0) is 25.5 Å². The molecule has 0 amide bonds. The Kier molecular flexibility index (Phi) is 5.64. The fourth-order valence-corrected chi connectivity index (χ4v) is 0.652. The van der Waals surface area contributed by atoms with Crippen molar-refractivity contribution in [2.75, 3.05) is 0 Å². The Morgan fingerprint density at radius 1 is 1.58 bits per heavy atom. The number of rotatable bonds is 3. The number of nitrogens with zero attached hydrogens (tertiary/aromatic N) is 1. The maximum absolute atomic E-state index is 12.9. The van der Waals surface area contributed by atoms with Gasteiger partial charge in [-0.3, -0.25) is 0 Å². The van der Waals surface area contributed by atoms with Crippen molar-refractivity contribution in [2.45, 2.75) is 20.3 Å². The van der Waals surface area contributed by atoms with Gasteiger partial charge in [0.15, 0.2) is 0 Å². The molecule has 0 aliphatic heterocycles. The first-order valence-corrected chi connectivity index (χ1v) is 3.85. The van der Waals surface area contributed by atoms with E-state index in [1.165, 1.54) is 12.2 Å². The van der Waals surface area contributed by atoms with Gasteiger partial charge in [0.2, 0.25) is 0 Å². The van der Waals surface area contributed by atoms with Gasteiger partial charge in [-0.1, -0.05) is 19.1 Å². The fourth-order valence-electron chi connectivity index (χ4n) is 0.652. The first-order valence-electron chi connectivity index (χ1n) is 3.85. The summed E-state index contributed by atoms with van der Waals surface area (Å²) in [6.45, 7) is 3.64. The predicted octanol–water partition coefficient (Wildman–Crippen LogP) is 3.28. The molecule has 64 valence electrons. The van der Waals surface area contributed by atoms with Crippen LogP contribution in [-0.4, -0.2) is 0 Å². The van der Waals surface area contributed by atoms with Gasteiger partial charge < -0.3 is 0 Å². The normalized spacial score (nSPS) is 13.5. The molecule has 0 aromatic heterocycles. The number of halogens is 1. The summed E-state index contributed by atoms with van der Waals surface area (Å²) in [6.07, 6.45) is 6.83. The van der Waals surface area contributed by atoms with Crippen molar-refractivity contribution in [2.24, 2.45) is 0 Å². The lowest BCUT2D eigenvalue weighted by molar-refractivity contribution is 0.652. The van der Waals surface area contributed by atoms with Crippen molar-refractivity contribution >= 4 is 0 Å². The number of allylic oxidation sites excluding steroid dienone is 6. The van der Waals surface area contributed by atoms with Crippen molar-refractivity contribution in [1.29, 1.82) is 5.26 Å². The lowest BCUT2D eigenvalue weighted by Crippen LogP contribution is -1.78. The van der Waals surface area contributed by atoms with Gasteiger partial charge in [0.25, 0.3) is 0 Å². The first kappa shape index (κ1) is 10.6. The van der Waals surface area contributed by atoms with Gasteiger partial charge in [0.1, 0.15) is 11.9 Å². The maximum Gasteiger partial charge on any atom is 0.136 e. The number of hydrogen-bond acceptors (Lipinski definition) is 1. The molecule has 0 aromatic carbocycles. The molecule has 0 atom stereocenters. The van der Waals surface area contributed by atoms with Crippen LogP contribution < -0.4 is 0 Å². The maximum atomic E-state index is 12.9. The van der Waals surface area contributed by atoms with E-state index in [-0.39, 0.29) is 5.57 Å². The van der Waals surface area contributed by atoms with E-state index in [0.717, 1.165) is 0 Å². The summed E-state index contributed by atoms with van der Waals surface area (Å²) in [5.74, 6) is -0.446. The third kappa shape index (κ3) is 3.72. The van der Waals surface area contributed by atoms with Crippen LogP contribution in [0.15, 0.2) is 35.7 Å². The molecule has 0 spiro atoms. The molecule has 1 nitrogen and oxygen atoms in total. The summed E-state index contributed by atoms with van der Waals surface area (Å²) < 4.78 is 12.9. The minimum Gasteiger partial charge on any atom is -0.206 e. The highest BCUT2D eigenvalue weighted by molar-refractivity contribution is 5.40. The van der Waals surface area contributed by atoms with Crippen molar-refractivity contribution in [3.05, 3.63) is 35.7 Å².